The van der Waals surface area contributed by atoms with Crippen molar-refractivity contribution in [3.8, 4) is 0 Å². The molecular formula is C13H18BrNO. The Bertz CT molecular complexity index is 400. The van der Waals surface area contributed by atoms with Crippen molar-refractivity contribution in [2.45, 2.75) is 34.2 Å². The lowest BCUT2D eigenvalue weighted by Gasteiger charge is -2.20. The SMILES string of the molecule is Cc1cc(C)c(C)c(CN(C)C(=O)Br)c1C. The molecule has 0 aliphatic rings. The normalized spacial score (nSPS) is 10.4. The molecule has 2 nitrogen and oxygen atoms in total. The fourth-order valence-corrected chi connectivity index (χ4v) is 1.96. The van der Waals surface area contributed by atoms with Crippen LogP contribution < -0.4 is 0 Å². The van der Waals surface area contributed by atoms with Crippen LogP contribution in [-0.4, -0.2) is 16.8 Å². The van der Waals surface area contributed by atoms with Gasteiger partial charge in [-0.05, 0) is 55.5 Å². The largest absolute Gasteiger partial charge is 0.332 e. The summed E-state index contributed by atoms with van der Waals surface area (Å²) in [7, 11) is 1.80. The third-order valence-electron chi connectivity index (χ3n) is 3.22. The van der Waals surface area contributed by atoms with Crippen LogP contribution in [-0.2, 0) is 6.54 Å². The first-order valence-corrected chi connectivity index (χ1v) is 6.10. The van der Waals surface area contributed by atoms with E-state index in [-0.39, 0.29) is 4.82 Å². The molecule has 0 bridgehead atoms. The van der Waals surface area contributed by atoms with Gasteiger partial charge in [0.25, 0.3) is 4.82 Å². The number of amides is 1. The van der Waals surface area contributed by atoms with Crippen LogP contribution in [0.25, 0.3) is 0 Å². The molecule has 0 spiro atoms. The number of hydrogen-bond donors (Lipinski definition) is 0. The van der Waals surface area contributed by atoms with Crippen LogP contribution >= 0.6 is 15.9 Å². The number of aryl methyl sites for hydroxylation is 2. The van der Waals surface area contributed by atoms with Crippen molar-refractivity contribution in [1.82, 2.24) is 4.90 Å². The van der Waals surface area contributed by atoms with Crippen molar-refractivity contribution >= 4 is 20.7 Å². The highest BCUT2D eigenvalue weighted by atomic mass is 79.9. The molecule has 0 aliphatic carbocycles. The molecule has 0 radical (unpaired) electrons. The van der Waals surface area contributed by atoms with Gasteiger partial charge in [0.15, 0.2) is 0 Å². The lowest BCUT2D eigenvalue weighted by molar-refractivity contribution is 0.233. The molecule has 16 heavy (non-hydrogen) atoms. The van der Waals surface area contributed by atoms with Crippen molar-refractivity contribution in [1.29, 1.82) is 0 Å². The molecule has 1 rings (SSSR count). The first-order chi connectivity index (χ1) is 7.34. The molecule has 3 heteroatoms. The average Bonchev–Trinajstić information content (AvgIpc) is 2.21. The molecule has 88 valence electrons. The Kier molecular flexibility index (Phi) is 4.14. The summed E-state index contributed by atoms with van der Waals surface area (Å²) in [5.41, 5.74) is 6.39. The van der Waals surface area contributed by atoms with Crippen LogP contribution in [0.15, 0.2) is 6.07 Å². The molecule has 0 saturated carbocycles. The van der Waals surface area contributed by atoms with Crippen LogP contribution in [0.4, 0.5) is 4.79 Å². The van der Waals surface area contributed by atoms with E-state index in [1.54, 1.807) is 11.9 Å². The summed E-state index contributed by atoms with van der Waals surface area (Å²) >= 11 is 2.97. The number of carbonyl (C=O) groups excluding carboxylic acids is 1. The topological polar surface area (TPSA) is 20.3 Å². The second-order valence-corrected chi connectivity index (χ2v) is 5.03. The standard InChI is InChI=1S/C13H18BrNO/c1-8-6-9(2)11(4)12(10(8)3)7-15(5)13(14)16/h6H,7H2,1-5H3. The first-order valence-electron chi connectivity index (χ1n) is 5.31. The van der Waals surface area contributed by atoms with E-state index in [9.17, 15) is 4.79 Å². The van der Waals surface area contributed by atoms with Gasteiger partial charge in [-0.25, -0.2) is 0 Å². The van der Waals surface area contributed by atoms with Gasteiger partial charge in [-0.15, -0.1) is 0 Å². The maximum absolute atomic E-state index is 11.2. The van der Waals surface area contributed by atoms with Crippen LogP contribution in [0.5, 0.6) is 0 Å². The van der Waals surface area contributed by atoms with Gasteiger partial charge in [-0.1, -0.05) is 6.07 Å². The second-order valence-electron chi connectivity index (χ2n) is 4.35. The molecule has 0 aromatic heterocycles. The van der Waals surface area contributed by atoms with Crippen LogP contribution in [0, 0.1) is 27.7 Å². The van der Waals surface area contributed by atoms with E-state index in [2.05, 4.69) is 49.7 Å². The molecule has 0 fully saturated rings. The van der Waals surface area contributed by atoms with E-state index >= 15 is 0 Å². The number of carbonyl (C=O) groups is 1. The van der Waals surface area contributed by atoms with Gasteiger partial charge in [0.2, 0.25) is 0 Å². The van der Waals surface area contributed by atoms with Crippen LogP contribution in [0.1, 0.15) is 27.8 Å². The van der Waals surface area contributed by atoms with Gasteiger partial charge in [0.1, 0.15) is 0 Å². The molecule has 0 saturated heterocycles. The number of nitrogens with zero attached hydrogens (tertiary/aromatic N) is 1. The van der Waals surface area contributed by atoms with Crippen molar-refractivity contribution in [2.75, 3.05) is 7.05 Å². The van der Waals surface area contributed by atoms with Crippen molar-refractivity contribution in [3.63, 3.8) is 0 Å². The van der Waals surface area contributed by atoms with E-state index in [1.807, 2.05) is 0 Å². The zero-order valence-corrected chi connectivity index (χ0v) is 12.1. The summed E-state index contributed by atoms with van der Waals surface area (Å²) in [5.74, 6) is 0. The van der Waals surface area contributed by atoms with Gasteiger partial charge in [-0.3, -0.25) is 4.79 Å². The molecule has 0 unspecified atom stereocenters. The van der Waals surface area contributed by atoms with E-state index < -0.39 is 0 Å². The summed E-state index contributed by atoms with van der Waals surface area (Å²) in [4.78, 5) is 12.8. The third-order valence-corrected chi connectivity index (χ3v) is 3.82. The summed E-state index contributed by atoms with van der Waals surface area (Å²) in [5, 5.41) is 0. The lowest BCUT2D eigenvalue weighted by atomic mass is 9.94. The minimum atomic E-state index is -0.0783. The summed E-state index contributed by atoms with van der Waals surface area (Å²) in [6, 6.07) is 2.20. The number of rotatable bonds is 2. The fraction of sp³-hybridized carbons (Fsp3) is 0.462. The van der Waals surface area contributed by atoms with Crippen LogP contribution in [0.2, 0.25) is 0 Å². The molecule has 0 heterocycles. The minimum absolute atomic E-state index is 0.0783. The predicted molar refractivity (Wildman–Crippen MR) is 71.2 cm³/mol. The Morgan fingerprint density at radius 2 is 1.62 bits per heavy atom. The first kappa shape index (κ1) is 13.2. The number of benzene rings is 1. The molecule has 0 N–H and O–H groups in total. The fourth-order valence-electron chi connectivity index (χ4n) is 1.84. The Morgan fingerprint density at radius 3 is 2.00 bits per heavy atom. The molecule has 1 aromatic carbocycles. The Labute approximate surface area is 106 Å². The maximum Gasteiger partial charge on any atom is 0.289 e. The van der Waals surface area contributed by atoms with Crippen molar-refractivity contribution in [2.24, 2.45) is 0 Å². The maximum atomic E-state index is 11.2. The van der Waals surface area contributed by atoms with Crippen LogP contribution in [0.3, 0.4) is 0 Å². The Balaban J connectivity index is 3.17. The quantitative estimate of drug-likeness (QED) is 0.596. The van der Waals surface area contributed by atoms with E-state index in [4.69, 9.17) is 0 Å². The average molecular weight is 284 g/mol. The van der Waals surface area contributed by atoms with Crippen molar-refractivity contribution in [3.05, 3.63) is 33.9 Å². The lowest BCUT2D eigenvalue weighted by Crippen LogP contribution is -2.21. The molecule has 0 atom stereocenters. The Morgan fingerprint density at radius 1 is 1.19 bits per heavy atom. The van der Waals surface area contributed by atoms with Gasteiger partial charge < -0.3 is 4.90 Å². The highest BCUT2D eigenvalue weighted by Crippen LogP contribution is 2.23. The summed E-state index contributed by atoms with van der Waals surface area (Å²) in [6.07, 6.45) is 0. The zero-order chi connectivity index (χ0) is 12.5. The molecule has 0 aliphatic heterocycles. The minimum Gasteiger partial charge on any atom is -0.332 e. The Hall–Kier alpha value is -0.830. The summed E-state index contributed by atoms with van der Waals surface area (Å²) < 4.78 is 0. The third kappa shape index (κ3) is 2.64. The van der Waals surface area contributed by atoms with Gasteiger partial charge in [0, 0.05) is 29.5 Å². The highest BCUT2D eigenvalue weighted by molar-refractivity contribution is 9.18. The van der Waals surface area contributed by atoms with E-state index in [0.29, 0.717) is 6.54 Å². The zero-order valence-electron chi connectivity index (χ0n) is 10.5. The van der Waals surface area contributed by atoms with Crippen molar-refractivity contribution < 1.29 is 4.79 Å². The molecule has 1 amide bonds. The highest BCUT2D eigenvalue weighted by Gasteiger charge is 2.12. The number of halogens is 1. The molecular weight excluding hydrogens is 266 g/mol. The smallest absolute Gasteiger partial charge is 0.289 e. The monoisotopic (exact) mass is 283 g/mol. The van der Waals surface area contributed by atoms with E-state index in [1.165, 1.54) is 27.8 Å². The van der Waals surface area contributed by atoms with Gasteiger partial charge in [0.05, 0.1) is 0 Å². The summed E-state index contributed by atoms with van der Waals surface area (Å²) in [6.45, 7) is 9.11. The molecule has 1 aromatic rings. The van der Waals surface area contributed by atoms with Gasteiger partial charge >= 0.3 is 0 Å². The van der Waals surface area contributed by atoms with E-state index in [0.717, 1.165) is 0 Å². The van der Waals surface area contributed by atoms with Gasteiger partial charge in [-0.2, -0.15) is 0 Å². The predicted octanol–water partition coefficient (Wildman–Crippen LogP) is 3.87. The number of hydrogen-bond acceptors (Lipinski definition) is 1. The second kappa shape index (κ2) is 5.00.